The minimum atomic E-state index is -0.436. The Labute approximate surface area is 166 Å². The number of rotatable bonds is 7. The lowest BCUT2D eigenvalue weighted by Gasteiger charge is -2.10. The number of nitrogens with one attached hydrogen (secondary N) is 2. The minimum Gasteiger partial charge on any atom is -0.354 e. The lowest BCUT2D eigenvalue weighted by Crippen LogP contribution is -2.35. The van der Waals surface area contributed by atoms with Gasteiger partial charge in [-0.1, -0.05) is 18.2 Å². The molecule has 0 bridgehead atoms. The summed E-state index contributed by atoms with van der Waals surface area (Å²) in [6, 6.07) is 11.4. The third-order valence-electron chi connectivity index (χ3n) is 4.48. The van der Waals surface area contributed by atoms with Gasteiger partial charge in [0.15, 0.2) is 0 Å². The Hall–Kier alpha value is -3.55. The first-order valence-electron chi connectivity index (χ1n) is 9.21. The molecule has 0 spiro atoms. The number of nitrogens with zero attached hydrogens (tertiary/aromatic N) is 2. The SMILES string of the molecule is Cc1ccc(C(=O)NCCNC(=O)CCn2ncc(=O)c3ccccc32)cc1F. The standard InChI is InChI=1S/C21H21FN4O3/c1-14-6-7-15(12-17(14)22)21(29)24-10-9-23-20(28)8-11-26-18-5-3-2-4-16(18)19(27)13-25-26/h2-7,12-13H,8-11H2,1H3,(H,23,28)(H,24,29). The van der Waals surface area contributed by atoms with E-state index in [1.165, 1.54) is 12.3 Å². The maximum atomic E-state index is 13.5. The van der Waals surface area contributed by atoms with Crippen LogP contribution < -0.4 is 16.1 Å². The summed E-state index contributed by atoms with van der Waals surface area (Å²) in [4.78, 5) is 35.9. The zero-order valence-corrected chi connectivity index (χ0v) is 15.9. The number of para-hydroxylation sites is 1. The van der Waals surface area contributed by atoms with E-state index in [9.17, 15) is 18.8 Å². The van der Waals surface area contributed by atoms with E-state index in [1.807, 2.05) is 6.07 Å². The predicted octanol–water partition coefficient (Wildman–Crippen LogP) is 1.78. The van der Waals surface area contributed by atoms with Crippen LogP contribution in [0.1, 0.15) is 22.3 Å². The van der Waals surface area contributed by atoms with Crippen LogP contribution in [-0.4, -0.2) is 34.7 Å². The molecule has 2 N–H and O–H groups in total. The van der Waals surface area contributed by atoms with Crippen LogP contribution in [0.15, 0.2) is 53.5 Å². The molecule has 0 aliphatic rings. The van der Waals surface area contributed by atoms with Gasteiger partial charge in [0.05, 0.1) is 18.3 Å². The van der Waals surface area contributed by atoms with E-state index < -0.39 is 11.7 Å². The Morgan fingerprint density at radius 1 is 1.10 bits per heavy atom. The van der Waals surface area contributed by atoms with Crippen LogP contribution in [0, 0.1) is 12.7 Å². The van der Waals surface area contributed by atoms with Gasteiger partial charge in [-0.3, -0.25) is 19.1 Å². The highest BCUT2D eigenvalue weighted by Crippen LogP contribution is 2.09. The second-order valence-electron chi connectivity index (χ2n) is 6.57. The van der Waals surface area contributed by atoms with Crippen molar-refractivity contribution in [2.45, 2.75) is 19.9 Å². The van der Waals surface area contributed by atoms with Crippen molar-refractivity contribution >= 4 is 22.7 Å². The number of hydrogen-bond acceptors (Lipinski definition) is 4. The van der Waals surface area contributed by atoms with Crippen molar-refractivity contribution < 1.29 is 14.0 Å². The summed E-state index contributed by atoms with van der Waals surface area (Å²) in [7, 11) is 0. The highest BCUT2D eigenvalue weighted by molar-refractivity contribution is 5.94. The first-order chi connectivity index (χ1) is 14.0. The molecule has 0 radical (unpaired) electrons. The van der Waals surface area contributed by atoms with Crippen LogP contribution in [0.4, 0.5) is 4.39 Å². The van der Waals surface area contributed by atoms with Gasteiger partial charge in [0.25, 0.3) is 5.91 Å². The summed E-state index contributed by atoms with van der Waals surface area (Å²) in [5.41, 5.74) is 1.21. The quantitative estimate of drug-likeness (QED) is 0.596. The Morgan fingerprint density at radius 2 is 1.86 bits per heavy atom. The van der Waals surface area contributed by atoms with Crippen LogP contribution in [0.25, 0.3) is 10.9 Å². The fourth-order valence-corrected chi connectivity index (χ4v) is 2.85. The average molecular weight is 396 g/mol. The van der Waals surface area contributed by atoms with Gasteiger partial charge in [-0.25, -0.2) is 4.39 Å². The third kappa shape index (κ3) is 5.04. The summed E-state index contributed by atoms with van der Waals surface area (Å²) in [5, 5.41) is 9.98. The second kappa shape index (κ2) is 9.09. The lowest BCUT2D eigenvalue weighted by atomic mass is 10.1. The van der Waals surface area contributed by atoms with E-state index >= 15 is 0 Å². The molecule has 3 aromatic rings. The number of fused-ring (bicyclic) bond motifs is 1. The Kier molecular flexibility index (Phi) is 6.33. The molecule has 0 aliphatic carbocycles. The topological polar surface area (TPSA) is 93.1 Å². The number of amides is 2. The maximum Gasteiger partial charge on any atom is 0.251 e. The molecule has 1 heterocycles. The van der Waals surface area contributed by atoms with Gasteiger partial charge in [0.1, 0.15) is 5.82 Å². The smallest absolute Gasteiger partial charge is 0.251 e. The van der Waals surface area contributed by atoms with Crippen molar-refractivity contribution in [1.82, 2.24) is 20.4 Å². The van der Waals surface area contributed by atoms with Crippen molar-refractivity contribution in [1.29, 1.82) is 0 Å². The monoisotopic (exact) mass is 396 g/mol. The van der Waals surface area contributed by atoms with Gasteiger partial charge in [0.2, 0.25) is 11.3 Å². The number of benzene rings is 2. The minimum absolute atomic E-state index is 0.162. The molecule has 2 amide bonds. The zero-order chi connectivity index (χ0) is 20.8. The van der Waals surface area contributed by atoms with Crippen LogP contribution >= 0.6 is 0 Å². The number of hydrogen-bond donors (Lipinski definition) is 2. The van der Waals surface area contributed by atoms with Gasteiger partial charge < -0.3 is 10.6 Å². The number of carbonyl (C=O) groups excluding carboxylic acids is 2. The van der Waals surface area contributed by atoms with Crippen LogP contribution in [0.5, 0.6) is 0 Å². The van der Waals surface area contributed by atoms with Crippen LogP contribution in [0.2, 0.25) is 0 Å². The van der Waals surface area contributed by atoms with Crippen molar-refractivity contribution in [3.05, 3.63) is 75.8 Å². The number of carbonyl (C=O) groups is 2. The van der Waals surface area contributed by atoms with E-state index in [0.717, 1.165) is 0 Å². The molecule has 8 heteroatoms. The van der Waals surface area contributed by atoms with Crippen molar-refractivity contribution in [2.24, 2.45) is 0 Å². The lowest BCUT2D eigenvalue weighted by molar-refractivity contribution is -0.121. The van der Waals surface area contributed by atoms with Crippen molar-refractivity contribution in [2.75, 3.05) is 13.1 Å². The molecule has 0 saturated heterocycles. The molecular weight excluding hydrogens is 375 g/mol. The summed E-state index contributed by atoms with van der Waals surface area (Å²) < 4.78 is 15.1. The molecule has 0 aliphatic heterocycles. The summed E-state index contributed by atoms with van der Waals surface area (Å²) in [6.07, 6.45) is 1.42. The zero-order valence-electron chi connectivity index (χ0n) is 15.9. The highest BCUT2D eigenvalue weighted by atomic mass is 19.1. The maximum absolute atomic E-state index is 13.5. The van der Waals surface area contributed by atoms with Crippen molar-refractivity contribution in [3.63, 3.8) is 0 Å². The van der Waals surface area contributed by atoms with E-state index in [4.69, 9.17) is 0 Å². The molecule has 3 rings (SSSR count). The highest BCUT2D eigenvalue weighted by Gasteiger charge is 2.09. The Balaban J connectivity index is 1.45. The van der Waals surface area contributed by atoms with Gasteiger partial charge in [0, 0.05) is 30.5 Å². The molecule has 2 aromatic carbocycles. The first kappa shape index (κ1) is 20.2. The summed E-state index contributed by atoms with van der Waals surface area (Å²) in [5.74, 6) is -1.04. The molecule has 1 aromatic heterocycles. The van der Waals surface area contributed by atoms with Gasteiger partial charge in [-0.15, -0.1) is 0 Å². The fraction of sp³-hybridized carbons (Fsp3) is 0.238. The number of halogens is 1. The number of aromatic nitrogens is 2. The van der Waals surface area contributed by atoms with E-state index in [2.05, 4.69) is 15.7 Å². The predicted molar refractivity (Wildman–Crippen MR) is 107 cm³/mol. The van der Waals surface area contributed by atoms with Gasteiger partial charge >= 0.3 is 0 Å². The molecule has 29 heavy (non-hydrogen) atoms. The van der Waals surface area contributed by atoms with Gasteiger partial charge in [-0.2, -0.15) is 5.10 Å². The fourth-order valence-electron chi connectivity index (χ4n) is 2.85. The molecule has 0 saturated carbocycles. The largest absolute Gasteiger partial charge is 0.354 e. The Morgan fingerprint density at radius 3 is 2.66 bits per heavy atom. The van der Waals surface area contributed by atoms with Crippen LogP contribution in [0.3, 0.4) is 0 Å². The van der Waals surface area contributed by atoms with E-state index in [1.54, 1.807) is 41.9 Å². The molecule has 0 atom stereocenters. The first-order valence-corrected chi connectivity index (χ1v) is 9.21. The Bertz CT molecular complexity index is 1110. The van der Waals surface area contributed by atoms with E-state index in [-0.39, 0.29) is 36.4 Å². The molecule has 0 unspecified atom stereocenters. The summed E-state index contributed by atoms with van der Waals surface area (Å²) in [6.45, 7) is 2.41. The summed E-state index contributed by atoms with van der Waals surface area (Å²) >= 11 is 0. The normalized spacial score (nSPS) is 10.7. The molecule has 0 fully saturated rings. The third-order valence-corrected chi connectivity index (χ3v) is 4.48. The molecular formula is C21H21FN4O3. The van der Waals surface area contributed by atoms with Crippen molar-refractivity contribution in [3.8, 4) is 0 Å². The molecule has 150 valence electrons. The average Bonchev–Trinajstić information content (AvgIpc) is 2.72. The second-order valence-corrected chi connectivity index (χ2v) is 6.57. The van der Waals surface area contributed by atoms with Crippen LogP contribution in [-0.2, 0) is 11.3 Å². The number of aryl methyl sites for hydroxylation is 2. The van der Waals surface area contributed by atoms with E-state index in [0.29, 0.717) is 23.0 Å². The van der Waals surface area contributed by atoms with Gasteiger partial charge in [-0.05, 0) is 36.8 Å². The molecule has 7 nitrogen and oxygen atoms in total.